The molecule has 1 N–H and O–H groups in total. The topological polar surface area (TPSA) is 37.3 Å². The Kier molecular flexibility index (Phi) is 4.94. The van der Waals surface area contributed by atoms with E-state index in [1.54, 1.807) is 0 Å². The Hall–Kier alpha value is -0.790. The molecule has 2 nitrogen and oxygen atoms in total. The van der Waals surface area contributed by atoms with Crippen molar-refractivity contribution in [2.45, 2.75) is 112 Å². The van der Waals surface area contributed by atoms with Crippen molar-refractivity contribution < 1.29 is 9.90 Å². The summed E-state index contributed by atoms with van der Waals surface area (Å²) in [7, 11) is 0. The summed E-state index contributed by atoms with van der Waals surface area (Å²) in [5.74, 6) is 2.36. The van der Waals surface area contributed by atoms with Crippen LogP contribution in [0.4, 0.5) is 0 Å². The van der Waals surface area contributed by atoms with Crippen LogP contribution in [0.15, 0.2) is 12.2 Å². The SMILES string of the molecule is C=C(C)[C@@H]1CC[C@]2(C(=O)O)CC[C@]3(C)C(CCC4[C@@]5(C)CCCC(C)(C)C5CC[C@]43C)C12. The number of carbonyl (C=O) groups is 1. The maximum atomic E-state index is 12.7. The van der Waals surface area contributed by atoms with Crippen LogP contribution in [0.2, 0.25) is 0 Å². The van der Waals surface area contributed by atoms with E-state index in [-0.39, 0.29) is 5.41 Å². The van der Waals surface area contributed by atoms with Crippen LogP contribution < -0.4 is 0 Å². The number of hydrogen-bond donors (Lipinski definition) is 1. The highest BCUT2D eigenvalue weighted by Gasteiger charge is 2.71. The summed E-state index contributed by atoms with van der Waals surface area (Å²) in [6.07, 6.45) is 13.3. The van der Waals surface area contributed by atoms with Crippen LogP contribution in [0.3, 0.4) is 0 Å². The molecule has 0 aromatic carbocycles. The average Bonchev–Trinajstić information content (AvgIpc) is 3.09. The van der Waals surface area contributed by atoms with Gasteiger partial charge in [0, 0.05) is 0 Å². The highest BCUT2D eigenvalue weighted by molar-refractivity contribution is 5.76. The van der Waals surface area contributed by atoms with Crippen LogP contribution in [-0.4, -0.2) is 11.1 Å². The van der Waals surface area contributed by atoms with Crippen LogP contribution in [0, 0.1) is 56.7 Å². The van der Waals surface area contributed by atoms with Gasteiger partial charge in [0.15, 0.2) is 0 Å². The van der Waals surface area contributed by atoms with Gasteiger partial charge in [-0.1, -0.05) is 53.2 Å². The van der Waals surface area contributed by atoms with E-state index >= 15 is 0 Å². The van der Waals surface area contributed by atoms with Gasteiger partial charge in [0.2, 0.25) is 0 Å². The average molecular weight is 441 g/mol. The number of fused-ring (bicyclic) bond motifs is 7. The minimum absolute atomic E-state index is 0.257. The molecule has 4 unspecified atom stereocenters. The summed E-state index contributed by atoms with van der Waals surface area (Å²) < 4.78 is 0. The molecule has 5 rings (SSSR count). The van der Waals surface area contributed by atoms with Gasteiger partial charge in [-0.2, -0.15) is 0 Å². The number of hydrogen-bond acceptors (Lipinski definition) is 1. The van der Waals surface area contributed by atoms with E-state index < -0.39 is 11.4 Å². The molecule has 32 heavy (non-hydrogen) atoms. The molecule has 180 valence electrons. The highest BCUT2D eigenvalue weighted by atomic mass is 16.4. The van der Waals surface area contributed by atoms with E-state index in [1.807, 2.05) is 0 Å². The van der Waals surface area contributed by atoms with Crippen LogP contribution in [0.5, 0.6) is 0 Å². The van der Waals surface area contributed by atoms with E-state index in [0.717, 1.165) is 37.5 Å². The summed E-state index contributed by atoms with van der Waals surface area (Å²) in [6, 6.07) is 0. The van der Waals surface area contributed by atoms with E-state index in [4.69, 9.17) is 0 Å². The third kappa shape index (κ3) is 2.62. The van der Waals surface area contributed by atoms with Crippen LogP contribution >= 0.6 is 0 Å². The van der Waals surface area contributed by atoms with Crippen molar-refractivity contribution in [3.63, 3.8) is 0 Å². The lowest BCUT2D eigenvalue weighted by Crippen LogP contribution is -2.66. The maximum absolute atomic E-state index is 12.7. The van der Waals surface area contributed by atoms with Gasteiger partial charge in [-0.15, -0.1) is 0 Å². The molecule has 5 fully saturated rings. The summed E-state index contributed by atoms with van der Waals surface area (Å²) >= 11 is 0. The minimum atomic E-state index is -0.509. The molecular weight excluding hydrogens is 392 g/mol. The first kappa shape index (κ1) is 23.0. The molecule has 0 aromatic rings. The summed E-state index contributed by atoms with van der Waals surface area (Å²) in [4.78, 5) is 12.7. The molecular formula is C30H48O2. The number of carboxylic acids is 1. The second-order valence-corrected chi connectivity index (χ2v) is 14.5. The van der Waals surface area contributed by atoms with E-state index in [9.17, 15) is 9.90 Å². The number of carboxylic acid groups (broad SMARTS) is 1. The molecule has 0 aromatic heterocycles. The zero-order chi connectivity index (χ0) is 23.3. The normalized spacial score (nSPS) is 54.0. The van der Waals surface area contributed by atoms with Crippen molar-refractivity contribution in [3.8, 4) is 0 Å². The molecule has 5 saturated carbocycles. The quantitative estimate of drug-likeness (QED) is 0.440. The summed E-state index contributed by atoms with van der Waals surface area (Å²) in [5, 5.41) is 10.5. The van der Waals surface area contributed by atoms with Crippen molar-refractivity contribution in [1.29, 1.82) is 0 Å². The lowest BCUT2D eigenvalue weighted by Gasteiger charge is -2.72. The molecule has 0 aliphatic heterocycles. The van der Waals surface area contributed by atoms with Gasteiger partial charge in [0.1, 0.15) is 0 Å². The van der Waals surface area contributed by atoms with Crippen molar-refractivity contribution >= 4 is 5.97 Å². The first-order chi connectivity index (χ1) is 14.8. The molecule has 0 radical (unpaired) electrons. The number of allylic oxidation sites excluding steroid dienone is 1. The summed E-state index contributed by atoms with van der Waals surface area (Å²) in [5.41, 5.74) is 2.25. The third-order valence-electron chi connectivity index (χ3n) is 13.2. The second-order valence-electron chi connectivity index (χ2n) is 14.5. The molecule has 5 aliphatic rings. The zero-order valence-corrected chi connectivity index (χ0v) is 21.7. The van der Waals surface area contributed by atoms with Gasteiger partial charge in [-0.3, -0.25) is 4.79 Å². The van der Waals surface area contributed by atoms with Crippen LogP contribution in [0.1, 0.15) is 112 Å². The lowest BCUT2D eigenvalue weighted by atomic mass is 9.32. The van der Waals surface area contributed by atoms with Crippen molar-refractivity contribution in [2.24, 2.45) is 56.7 Å². The molecule has 2 heteroatoms. The highest BCUT2D eigenvalue weighted by Crippen LogP contribution is 2.77. The monoisotopic (exact) mass is 440 g/mol. The Balaban J connectivity index is 1.57. The smallest absolute Gasteiger partial charge is 0.309 e. The van der Waals surface area contributed by atoms with Gasteiger partial charge < -0.3 is 5.11 Å². The van der Waals surface area contributed by atoms with Crippen molar-refractivity contribution in [2.75, 3.05) is 0 Å². The second kappa shape index (κ2) is 6.88. The first-order valence-electron chi connectivity index (χ1n) is 13.7. The summed E-state index contributed by atoms with van der Waals surface area (Å²) in [6.45, 7) is 19.6. The number of rotatable bonds is 2. The fraction of sp³-hybridized carbons (Fsp3) is 0.900. The van der Waals surface area contributed by atoms with Crippen molar-refractivity contribution in [1.82, 2.24) is 0 Å². The van der Waals surface area contributed by atoms with Gasteiger partial charge in [-0.05, 0) is 122 Å². The molecule has 0 bridgehead atoms. The standard InChI is InChI=1S/C30H48O2/c1-19(2)20-11-16-30(25(31)32)18-17-28(6)21(24(20)30)9-10-23-27(5)14-8-13-26(3,4)22(27)12-15-29(23,28)7/h20-24H,1,8-18H2,2-7H3,(H,31,32)/t20-,21?,22?,23?,24?,27-,28+,29+,30-/m0/s1. The Labute approximate surface area is 197 Å². The third-order valence-corrected chi connectivity index (χ3v) is 13.2. The van der Waals surface area contributed by atoms with Gasteiger partial charge in [0.25, 0.3) is 0 Å². The Morgan fingerprint density at radius 3 is 2.19 bits per heavy atom. The number of aliphatic carboxylic acids is 1. The molecule has 5 aliphatic carbocycles. The van der Waals surface area contributed by atoms with E-state index in [1.165, 1.54) is 50.5 Å². The predicted octanol–water partition coefficient (Wildman–Crippen LogP) is 8.12. The van der Waals surface area contributed by atoms with E-state index in [0.29, 0.717) is 34.0 Å². The largest absolute Gasteiger partial charge is 0.481 e. The Morgan fingerprint density at radius 1 is 0.812 bits per heavy atom. The zero-order valence-electron chi connectivity index (χ0n) is 21.7. The predicted molar refractivity (Wildman–Crippen MR) is 131 cm³/mol. The Morgan fingerprint density at radius 2 is 1.53 bits per heavy atom. The Bertz CT molecular complexity index is 827. The molecule has 0 amide bonds. The maximum Gasteiger partial charge on any atom is 0.309 e. The van der Waals surface area contributed by atoms with Gasteiger partial charge in [-0.25, -0.2) is 0 Å². The lowest BCUT2D eigenvalue weighted by molar-refractivity contribution is -0.237. The van der Waals surface area contributed by atoms with E-state index in [2.05, 4.69) is 48.1 Å². The molecule has 0 spiro atoms. The fourth-order valence-corrected chi connectivity index (χ4v) is 11.6. The minimum Gasteiger partial charge on any atom is -0.481 e. The molecule has 0 saturated heterocycles. The molecule has 0 heterocycles. The fourth-order valence-electron chi connectivity index (χ4n) is 11.6. The first-order valence-corrected chi connectivity index (χ1v) is 13.7. The van der Waals surface area contributed by atoms with Crippen LogP contribution in [0.25, 0.3) is 0 Å². The van der Waals surface area contributed by atoms with Gasteiger partial charge in [0.05, 0.1) is 5.41 Å². The van der Waals surface area contributed by atoms with Gasteiger partial charge >= 0.3 is 5.97 Å². The molecule has 9 atom stereocenters. The van der Waals surface area contributed by atoms with Crippen molar-refractivity contribution in [3.05, 3.63) is 12.2 Å². The van der Waals surface area contributed by atoms with Crippen LogP contribution in [-0.2, 0) is 4.79 Å².